The summed E-state index contributed by atoms with van der Waals surface area (Å²) in [6, 6.07) is 1.51. The number of ether oxygens (including phenoxy) is 4. The summed E-state index contributed by atoms with van der Waals surface area (Å²) >= 11 is 0. The molecular weight excluding hydrogens is 415 g/mol. The summed E-state index contributed by atoms with van der Waals surface area (Å²) in [4.78, 5) is 0. The Kier molecular flexibility index (Phi) is 5.08. The molecule has 1 aromatic heterocycles. The van der Waals surface area contributed by atoms with E-state index in [0.29, 0.717) is 19.6 Å². The van der Waals surface area contributed by atoms with Crippen molar-refractivity contribution in [2.45, 2.75) is 69.4 Å². The first-order valence-electron chi connectivity index (χ1n) is 10.5. The highest BCUT2D eigenvalue weighted by atomic mass is 19.2. The van der Waals surface area contributed by atoms with Gasteiger partial charge in [0, 0.05) is 18.4 Å². The lowest BCUT2D eigenvalue weighted by atomic mass is 9.88. The Morgan fingerprint density at radius 2 is 1.84 bits per heavy atom. The molecular formula is C21H24F3N3O4. The van der Waals surface area contributed by atoms with Crippen molar-refractivity contribution in [2.24, 2.45) is 0 Å². The van der Waals surface area contributed by atoms with Crippen LogP contribution in [0.2, 0.25) is 0 Å². The second-order valence-corrected chi connectivity index (χ2v) is 8.77. The molecule has 4 heterocycles. The van der Waals surface area contributed by atoms with Gasteiger partial charge < -0.3 is 18.9 Å². The average Bonchev–Trinajstić information content (AvgIpc) is 3.22. The Hall–Kier alpha value is -2.01. The molecule has 168 valence electrons. The van der Waals surface area contributed by atoms with Gasteiger partial charge in [0.2, 0.25) is 0 Å². The molecule has 3 aliphatic heterocycles. The third-order valence-electron chi connectivity index (χ3n) is 6.09. The van der Waals surface area contributed by atoms with Gasteiger partial charge in [-0.3, -0.25) is 0 Å². The molecule has 7 nitrogen and oxygen atoms in total. The lowest BCUT2D eigenvalue weighted by molar-refractivity contribution is -0.389. The fourth-order valence-corrected chi connectivity index (χ4v) is 4.60. The van der Waals surface area contributed by atoms with Crippen LogP contribution in [0.1, 0.15) is 45.6 Å². The van der Waals surface area contributed by atoms with Gasteiger partial charge in [0.1, 0.15) is 17.9 Å². The molecule has 2 aromatic rings. The zero-order valence-corrected chi connectivity index (χ0v) is 17.3. The molecule has 10 heteroatoms. The third kappa shape index (κ3) is 3.86. The smallest absolute Gasteiger partial charge is 0.194 e. The van der Waals surface area contributed by atoms with Gasteiger partial charge in [0.25, 0.3) is 0 Å². The number of hydrogen-bond acceptors (Lipinski definition) is 6. The minimum Gasteiger partial charge on any atom is -0.350 e. The highest BCUT2D eigenvalue weighted by Crippen LogP contribution is 2.45. The normalized spacial score (nSPS) is 32.7. The Morgan fingerprint density at radius 3 is 2.55 bits per heavy atom. The van der Waals surface area contributed by atoms with Crippen molar-refractivity contribution in [2.75, 3.05) is 13.2 Å². The van der Waals surface area contributed by atoms with Gasteiger partial charge in [-0.1, -0.05) is 5.21 Å². The van der Waals surface area contributed by atoms with Crippen LogP contribution in [0.4, 0.5) is 13.2 Å². The molecule has 0 bridgehead atoms. The summed E-state index contributed by atoms with van der Waals surface area (Å²) in [5.41, 5.74) is 0.328. The molecule has 4 atom stereocenters. The summed E-state index contributed by atoms with van der Waals surface area (Å²) in [6.45, 7) is 4.61. The van der Waals surface area contributed by atoms with Crippen LogP contribution in [0.5, 0.6) is 0 Å². The van der Waals surface area contributed by atoms with E-state index in [1.54, 1.807) is 10.9 Å². The number of rotatable bonds is 2. The van der Waals surface area contributed by atoms with Crippen molar-refractivity contribution in [3.05, 3.63) is 35.8 Å². The number of aromatic nitrogens is 3. The quantitative estimate of drug-likeness (QED) is 0.665. The minimum absolute atomic E-state index is 0.100. The highest BCUT2D eigenvalue weighted by molar-refractivity contribution is 5.57. The van der Waals surface area contributed by atoms with E-state index >= 15 is 0 Å². The zero-order valence-electron chi connectivity index (χ0n) is 17.3. The van der Waals surface area contributed by atoms with Gasteiger partial charge in [-0.25, -0.2) is 17.9 Å². The first kappa shape index (κ1) is 20.9. The third-order valence-corrected chi connectivity index (χ3v) is 6.09. The van der Waals surface area contributed by atoms with Crippen molar-refractivity contribution in [3.8, 4) is 11.3 Å². The van der Waals surface area contributed by atoms with E-state index in [-0.39, 0.29) is 29.5 Å². The SMILES string of the molecule is CC1(C)OC[C@H]2O[C@@]3(CCCCO3)C[C@H](n3cc(-c4cc(F)c(F)c(F)c4)nn3)[C@H]2O1. The Morgan fingerprint density at radius 1 is 1.06 bits per heavy atom. The topological polar surface area (TPSA) is 67.6 Å². The van der Waals surface area contributed by atoms with Gasteiger partial charge in [-0.15, -0.1) is 5.10 Å². The first-order chi connectivity index (χ1) is 14.8. The molecule has 0 unspecified atom stereocenters. The number of fused-ring (bicyclic) bond motifs is 1. The van der Waals surface area contributed by atoms with E-state index in [0.717, 1.165) is 31.4 Å². The maximum Gasteiger partial charge on any atom is 0.194 e. The van der Waals surface area contributed by atoms with Gasteiger partial charge in [-0.2, -0.15) is 0 Å². The molecule has 0 saturated carbocycles. The van der Waals surface area contributed by atoms with Crippen molar-refractivity contribution >= 4 is 0 Å². The van der Waals surface area contributed by atoms with Crippen LogP contribution in [0.25, 0.3) is 11.3 Å². The summed E-state index contributed by atoms with van der Waals surface area (Å²) in [5.74, 6) is -5.64. The van der Waals surface area contributed by atoms with Gasteiger partial charge in [0.05, 0.1) is 25.5 Å². The van der Waals surface area contributed by atoms with Crippen LogP contribution in [-0.2, 0) is 18.9 Å². The average molecular weight is 439 g/mol. The molecule has 3 fully saturated rings. The molecule has 0 N–H and O–H groups in total. The van der Waals surface area contributed by atoms with Crippen LogP contribution < -0.4 is 0 Å². The summed E-state index contributed by atoms with van der Waals surface area (Å²) in [5, 5.41) is 8.28. The second kappa shape index (κ2) is 7.54. The van der Waals surface area contributed by atoms with Crippen LogP contribution in [-0.4, -0.2) is 52.0 Å². The van der Waals surface area contributed by atoms with Gasteiger partial charge in [0.15, 0.2) is 29.0 Å². The maximum absolute atomic E-state index is 13.7. The fraction of sp³-hybridized carbons (Fsp3) is 0.619. The molecule has 3 saturated heterocycles. The Bertz CT molecular complexity index is 954. The predicted molar refractivity (Wildman–Crippen MR) is 101 cm³/mol. The van der Waals surface area contributed by atoms with E-state index in [2.05, 4.69) is 10.3 Å². The molecule has 1 aromatic carbocycles. The van der Waals surface area contributed by atoms with E-state index in [1.165, 1.54) is 0 Å². The fourth-order valence-electron chi connectivity index (χ4n) is 4.60. The van der Waals surface area contributed by atoms with Gasteiger partial charge >= 0.3 is 0 Å². The van der Waals surface area contributed by atoms with E-state index in [4.69, 9.17) is 18.9 Å². The monoisotopic (exact) mass is 439 g/mol. The largest absolute Gasteiger partial charge is 0.350 e. The van der Waals surface area contributed by atoms with Crippen LogP contribution >= 0.6 is 0 Å². The summed E-state index contributed by atoms with van der Waals surface area (Å²) < 4.78 is 66.7. The standard InChI is InChI=1S/C21H24F3N3O4/c1-20(2)29-11-17-19(31-20)16(9-21(30-17)5-3-4-6-28-21)27-10-15(25-26-27)12-7-13(22)18(24)14(23)8-12/h7-8,10,16-17,19H,3-6,9,11H2,1-2H3/t16-,17+,19+,21-/m0/s1. The molecule has 0 amide bonds. The van der Waals surface area contributed by atoms with Crippen LogP contribution in [0.3, 0.4) is 0 Å². The molecule has 0 radical (unpaired) electrons. The van der Waals surface area contributed by atoms with Crippen molar-refractivity contribution in [1.82, 2.24) is 15.0 Å². The summed E-state index contributed by atoms with van der Waals surface area (Å²) in [7, 11) is 0. The lowest BCUT2D eigenvalue weighted by Crippen LogP contribution is -2.61. The van der Waals surface area contributed by atoms with Gasteiger partial charge in [-0.05, 0) is 38.8 Å². The highest BCUT2D eigenvalue weighted by Gasteiger charge is 2.54. The van der Waals surface area contributed by atoms with E-state index < -0.39 is 29.0 Å². The number of halogens is 3. The lowest BCUT2D eigenvalue weighted by Gasteiger charge is -2.53. The minimum atomic E-state index is -1.52. The number of hydrogen-bond donors (Lipinski definition) is 0. The van der Waals surface area contributed by atoms with E-state index in [9.17, 15) is 13.2 Å². The van der Waals surface area contributed by atoms with Crippen LogP contribution in [0, 0.1) is 17.5 Å². The molecule has 1 spiro atoms. The van der Waals surface area contributed by atoms with Crippen molar-refractivity contribution in [3.63, 3.8) is 0 Å². The van der Waals surface area contributed by atoms with Crippen molar-refractivity contribution in [1.29, 1.82) is 0 Å². The van der Waals surface area contributed by atoms with Crippen LogP contribution in [0.15, 0.2) is 18.3 Å². The maximum atomic E-state index is 13.7. The van der Waals surface area contributed by atoms with Crippen molar-refractivity contribution < 1.29 is 32.1 Å². The Labute approximate surface area is 177 Å². The molecule has 3 aliphatic rings. The number of nitrogens with zero attached hydrogens (tertiary/aromatic N) is 3. The summed E-state index contributed by atoms with van der Waals surface area (Å²) in [6.07, 6.45) is 4.02. The molecule has 31 heavy (non-hydrogen) atoms. The zero-order chi connectivity index (χ0) is 21.8. The molecule has 5 rings (SSSR count). The molecule has 0 aliphatic carbocycles. The number of benzene rings is 1. The predicted octanol–water partition coefficient (Wildman–Crippen LogP) is 3.74. The first-order valence-corrected chi connectivity index (χ1v) is 10.5. The van der Waals surface area contributed by atoms with E-state index in [1.807, 2.05) is 13.8 Å². The second-order valence-electron chi connectivity index (χ2n) is 8.77. The Balaban J connectivity index is 1.49.